The van der Waals surface area contributed by atoms with E-state index in [1.165, 1.54) is 6.07 Å². The Balaban J connectivity index is 1.99. The molecule has 2 N–H and O–H groups in total. The molecule has 6 nitrogen and oxygen atoms in total. The van der Waals surface area contributed by atoms with Crippen LogP contribution in [0.25, 0.3) is 11.3 Å². The molecular weight excluding hydrogens is 246 g/mol. The molecule has 0 saturated carbocycles. The third-order valence-corrected chi connectivity index (χ3v) is 3.16. The largest absolute Gasteiger partial charge is 0.490 e. The highest BCUT2D eigenvalue weighted by molar-refractivity contribution is 5.87. The van der Waals surface area contributed by atoms with Gasteiger partial charge in [0.2, 0.25) is 0 Å². The van der Waals surface area contributed by atoms with Crippen molar-refractivity contribution >= 4 is 11.7 Å². The van der Waals surface area contributed by atoms with E-state index < -0.39 is 5.97 Å². The minimum atomic E-state index is -1.02. The van der Waals surface area contributed by atoms with Gasteiger partial charge >= 0.3 is 5.97 Å². The molecule has 2 heterocycles. The number of H-pyrrole nitrogens is 1. The van der Waals surface area contributed by atoms with Crippen LogP contribution in [0.2, 0.25) is 0 Å². The van der Waals surface area contributed by atoms with Crippen molar-refractivity contribution in [1.82, 2.24) is 10.2 Å². The van der Waals surface area contributed by atoms with Gasteiger partial charge in [0.05, 0.1) is 17.9 Å². The van der Waals surface area contributed by atoms with E-state index in [9.17, 15) is 4.79 Å². The standard InChI is InChI=1S/C13H13N3O3/c1-16-4-5-19-12-6-8(2-3-11(12)16)9-7-10(13(17)18)15-14-9/h2-3,6-7H,4-5H2,1H3,(H,14,15)(H,17,18). The summed E-state index contributed by atoms with van der Waals surface area (Å²) < 4.78 is 5.61. The Labute approximate surface area is 109 Å². The Kier molecular flexibility index (Phi) is 2.63. The van der Waals surface area contributed by atoms with Gasteiger partial charge in [0.1, 0.15) is 18.1 Å². The monoisotopic (exact) mass is 259 g/mol. The molecule has 0 spiro atoms. The van der Waals surface area contributed by atoms with Gasteiger partial charge in [0.15, 0.2) is 0 Å². The number of anilines is 1. The number of carbonyl (C=O) groups is 1. The fourth-order valence-electron chi connectivity index (χ4n) is 2.10. The zero-order chi connectivity index (χ0) is 13.4. The molecule has 0 radical (unpaired) electrons. The number of likely N-dealkylation sites (N-methyl/N-ethyl adjacent to an activating group) is 1. The molecule has 1 aromatic heterocycles. The van der Waals surface area contributed by atoms with Crippen LogP contribution in [0.1, 0.15) is 10.5 Å². The molecule has 1 aliphatic heterocycles. The molecule has 0 bridgehead atoms. The van der Waals surface area contributed by atoms with Crippen LogP contribution in [0, 0.1) is 0 Å². The second kappa shape index (κ2) is 4.31. The normalized spacial score (nSPS) is 13.8. The molecule has 1 aliphatic rings. The lowest BCUT2D eigenvalue weighted by Crippen LogP contribution is -2.28. The van der Waals surface area contributed by atoms with Gasteiger partial charge in [0.25, 0.3) is 0 Å². The smallest absolute Gasteiger partial charge is 0.353 e. The van der Waals surface area contributed by atoms with Gasteiger partial charge in [-0.3, -0.25) is 5.10 Å². The second-order valence-corrected chi connectivity index (χ2v) is 4.42. The van der Waals surface area contributed by atoms with Crippen molar-refractivity contribution in [2.45, 2.75) is 0 Å². The number of nitrogens with zero attached hydrogens (tertiary/aromatic N) is 2. The number of ether oxygens (including phenoxy) is 1. The van der Waals surface area contributed by atoms with Crippen molar-refractivity contribution in [2.24, 2.45) is 0 Å². The van der Waals surface area contributed by atoms with E-state index in [1.807, 2.05) is 25.2 Å². The number of aromatic carboxylic acids is 1. The maximum absolute atomic E-state index is 10.8. The van der Waals surface area contributed by atoms with E-state index in [-0.39, 0.29) is 5.69 Å². The van der Waals surface area contributed by atoms with E-state index in [0.29, 0.717) is 12.3 Å². The van der Waals surface area contributed by atoms with Gasteiger partial charge in [-0.05, 0) is 18.2 Å². The lowest BCUT2D eigenvalue weighted by atomic mass is 10.1. The topological polar surface area (TPSA) is 78.5 Å². The molecule has 0 saturated heterocycles. The van der Waals surface area contributed by atoms with Crippen LogP contribution >= 0.6 is 0 Å². The lowest BCUT2D eigenvalue weighted by molar-refractivity contribution is 0.0690. The molecule has 2 aromatic rings. The number of rotatable bonds is 2. The number of nitrogens with one attached hydrogen (secondary N) is 1. The number of hydrogen-bond acceptors (Lipinski definition) is 4. The zero-order valence-electron chi connectivity index (χ0n) is 10.4. The summed E-state index contributed by atoms with van der Waals surface area (Å²) in [6.45, 7) is 1.51. The summed E-state index contributed by atoms with van der Waals surface area (Å²) in [6, 6.07) is 7.26. The zero-order valence-corrected chi connectivity index (χ0v) is 10.4. The number of hydrogen-bond donors (Lipinski definition) is 2. The molecule has 0 atom stereocenters. The predicted octanol–water partition coefficient (Wildman–Crippen LogP) is 1.60. The number of carboxylic acids is 1. The third-order valence-electron chi connectivity index (χ3n) is 3.16. The van der Waals surface area contributed by atoms with Crippen LogP contribution in [0.15, 0.2) is 24.3 Å². The summed E-state index contributed by atoms with van der Waals surface area (Å²) in [5.74, 6) is -0.223. The average molecular weight is 259 g/mol. The molecule has 98 valence electrons. The molecule has 19 heavy (non-hydrogen) atoms. The molecule has 3 rings (SSSR count). The fourth-order valence-corrected chi connectivity index (χ4v) is 2.10. The number of benzene rings is 1. The van der Waals surface area contributed by atoms with E-state index in [0.717, 1.165) is 23.5 Å². The molecule has 0 unspecified atom stereocenters. The minimum Gasteiger partial charge on any atom is -0.490 e. The van der Waals surface area contributed by atoms with Crippen molar-refractivity contribution in [2.75, 3.05) is 25.1 Å². The van der Waals surface area contributed by atoms with Gasteiger partial charge in [-0.2, -0.15) is 5.10 Å². The fraction of sp³-hybridized carbons (Fsp3) is 0.231. The average Bonchev–Trinajstić information content (AvgIpc) is 2.88. The third kappa shape index (κ3) is 2.01. The summed E-state index contributed by atoms with van der Waals surface area (Å²) in [7, 11) is 2.01. The Morgan fingerprint density at radius 3 is 3.05 bits per heavy atom. The van der Waals surface area contributed by atoms with Crippen LogP contribution in [0.4, 0.5) is 5.69 Å². The first-order valence-corrected chi connectivity index (χ1v) is 5.92. The summed E-state index contributed by atoms with van der Waals surface area (Å²) in [4.78, 5) is 12.9. The van der Waals surface area contributed by atoms with Crippen molar-refractivity contribution in [3.63, 3.8) is 0 Å². The highest BCUT2D eigenvalue weighted by Gasteiger charge is 2.16. The SMILES string of the molecule is CN1CCOc2cc(-c3cc(C(=O)O)[nH]n3)ccc21. The van der Waals surface area contributed by atoms with Crippen molar-refractivity contribution < 1.29 is 14.6 Å². The molecule has 6 heteroatoms. The van der Waals surface area contributed by atoms with Gasteiger partial charge in [-0.25, -0.2) is 4.79 Å². The minimum absolute atomic E-state index is 0.0748. The van der Waals surface area contributed by atoms with Gasteiger partial charge in [0, 0.05) is 12.6 Å². The predicted molar refractivity (Wildman–Crippen MR) is 69.7 cm³/mol. The summed E-state index contributed by atoms with van der Waals surface area (Å²) >= 11 is 0. The number of fused-ring (bicyclic) bond motifs is 1. The van der Waals surface area contributed by atoms with Crippen LogP contribution in [0.5, 0.6) is 5.75 Å². The summed E-state index contributed by atoms with van der Waals surface area (Å²) in [5, 5.41) is 15.4. The number of aromatic amines is 1. The first-order chi connectivity index (χ1) is 9.15. The quantitative estimate of drug-likeness (QED) is 0.856. The van der Waals surface area contributed by atoms with Crippen molar-refractivity contribution in [1.29, 1.82) is 0 Å². The molecule has 0 aliphatic carbocycles. The van der Waals surface area contributed by atoms with Crippen LogP contribution < -0.4 is 9.64 Å². The summed E-state index contributed by atoms with van der Waals surface area (Å²) in [6.07, 6.45) is 0. The summed E-state index contributed by atoms with van der Waals surface area (Å²) in [5.41, 5.74) is 2.53. The van der Waals surface area contributed by atoms with Crippen molar-refractivity contribution in [3.8, 4) is 17.0 Å². The maximum atomic E-state index is 10.8. The van der Waals surface area contributed by atoms with Gasteiger partial charge in [-0.1, -0.05) is 6.07 Å². The highest BCUT2D eigenvalue weighted by atomic mass is 16.5. The van der Waals surface area contributed by atoms with Crippen LogP contribution in [0.3, 0.4) is 0 Å². The molecule has 1 aromatic carbocycles. The van der Waals surface area contributed by atoms with Gasteiger partial charge in [-0.15, -0.1) is 0 Å². The maximum Gasteiger partial charge on any atom is 0.353 e. The Bertz CT molecular complexity index is 636. The molecular formula is C13H13N3O3. The molecule has 0 fully saturated rings. The molecule has 0 amide bonds. The van der Waals surface area contributed by atoms with Crippen molar-refractivity contribution in [3.05, 3.63) is 30.0 Å². The Morgan fingerprint density at radius 1 is 1.47 bits per heavy atom. The van der Waals surface area contributed by atoms with E-state index in [4.69, 9.17) is 9.84 Å². The Morgan fingerprint density at radius 2 is 2.32 bits per heavy atom. The van der Waals surface area contributed by atoms with E-state index in [2.05, 4.69) is 15.1 Å². The number of aromatic nitrogens is 2. The second-order valence-electron chi connectivity index (χ2n) is 4.42. The van der Waals surface area contributed by atoms with Crippen LogP contribution in [-0.4, -0.2) is 41.5 Å². The Hall–Kier alpha value is -2.50. The van der Waals surface area contributed by atoms with Crippen LogP contribution in [-0.2, 0) is 0 Å². The van der Waals surface area contributed by atoms with E-state index in [1.54, 1.807) is 0 Å². The first kappa shape index (κ1) is 11.6. The lowest BCUT2D eigenvalue weighted by Gasteiger charge is -2.27. The van der Waals surface area contributed by atoms with E-state index >= 15 is 0 Å². The van der Waals surface area contributed by atoms with Gasteiger partial charge < -0.3 is 14.7 Å². The number of carboxylic acid groups (broad SMARTS) is 1. The highest BCUT2D eigenvalue weighted by Crippen LogP contribution is 2.34. The first-order valence-electron chi connectivity index (χ1n) is 5.92.